The van der Waals surface area contributed by atoms with Crippen molar-refractivity contribution in [2.75, 3.05) is 32.1 Å². The van der Waals surface area contributed by atoms with E-state index < -0.39 is 36.2 Å². The first-order chi connectivity index (χ1) is 40.2. The van der Waals surface area contributed by atoms with Crippen LogP contribution in [0.4, 0.5) is 0 Å². The first kappa shape index (κ1) is 61.3. The molecule has 430 valence electrons. The second kappa shape index (κ2) is 31.6. The number of rotatable bonds is 21. The normalized spacial score (nSPS) is 23.1. The Bertz CT molecular complexity index is 2860. The van der Waals surface area contributed by atoms with Gasteiger partial charge in [0.25, 0.3) is 0 Å². The second-order valence-electron chi connectivity index (χ2n) is 21.7. The van der Waals surface area contributed by atoms with Gasteiger partial charge in [0.15, 0.2) is 18.3 Å². The van der Waals surface area contributed by atoms with Gasteiger partial charge in [-0.15, -0.1) is 37.0 Å². The number of fused-ring (bicyclic) bond motifs is 1. The lowest BCUT2D eigenvalue weighted by atomic mass is 9.79. The molecular formula is C68H78O10P4. The molecule has 10 rings (SSSR count). The van der Waals surface area contributed by atoms with Crippen LogP contribution in [0.2, 0.25) is 0 Å². The summed E-state index contributed by atoms with van der Waals surface area (Å²) in [5.74, 6) is 1.36. The minimum absolute atomic E-state index is 0.268. The Morgan fingerprint density at radius 3 is 1.37 bits per heavy atom. The molecule has 2 aliphatic heterocycles. The predicted molar refractivity (Wildman–Crippen MR) is 339 cm³/mol. The number of esters is 3. The summed E-state index contributed by atoms with van der Waals surface area (Å²) in [5, 5.41) is 0. The van der Waals surface area contributed by atoms with Crippen LogP contribution >= 0.6 is 37.0 Å². The number of hydrogen-bond acceptors (Lipinski definition) is 10. The molecule has 10 nitrogen and oxygen atoms in total. The summed E-state index contributed by atoms with van der Waals surface area (Å²) in [5.41, 5.74) is 9.57. The summed E-state index contributed by atoms with van der Waals surface area (Å²) in [6.07, 6.45) is 17.7. The summed E-state index contributed by atoms with van der Waals surface area (Å²) in [7, 11) is 11.2. The fourth-order valence-corrected chi connectivity index (χ4v) is 12.8. The lowest BCUT2D eigenvalue weighted by Crippen LogP contribution is -2.34. The number of hydrogen-bond donors (Lipinski definition) is 0. The average molecular weight is 1180 g/mol. The van der Waals surface area contributed by atoms with Crippen molar-refractivity contribution in [2.45, 2.75) is 112 Å². The summed E-state index contributed by atoms with van der Waals surface area (Å²) in [6.45, 7) is 0.895. The van der Waals surface area contributed by atoms with Gasteiger partial charge < -0.3 is 23.7 Å². The minimum Gasteiger partial charge on any atom is -0.454 e. The summed E-state index contributed by atoms with van der Waals surface area (Å²) >= 11 is 0. The van der Waals surface area contributed by atoms with Crippen molar-refractivity contribution >= 4 is 67.0 Å². The molecule has 10 atom stereocenters. The van der Waals surface area contributed by atoms with E-state index in [4.69, 9.17) is 33.5 Å². The second-order valence-corrected chi connectivity index (χ2v) is 23.5. The van der Waals surface area contributed by atoms with Gasteiger partial charge in [-0.3, -0.25) is 0 Å². The fourth-order valence-electron chi connectivity index (χ4n) is 11.4. The molecule has 0 aromatic heterocycles. The fraction of sp³-hybridized carbons (Fsp3) is 0.368. The van der Waals surface area contributed by atoms with Crippen LogP contribution in [0, 0.1) is 11.8 Å². The maximum Gasteiger partial charge on any atom is 0.338 e. The van der Waals surface area contributed by atoms with E-state index in [1.807, 2.05) is 121 Å². The third-order valence-electron chi connectivity index (χ3n) is 16.3. The van der Waals surface area contributed by atoms with Crippen molar-refractivity contribution in [3.63, 3.8) is 0 Å². The largest absolute Gasteiger partial charge is 0.454 e. The zero-order valence-corrected chi connectivity index (χ0v) is 51.2. The number of benzene rings is 6. The topological polar surface area (TPSA) is 116 Å². The van der Waals surface area contributed by atoms with Crippen LogP contribution in [-0.4, -0.2) is 74.5 Å². The SMILES string of the molecule is O=C(/C=C/c1ccc(CP)cc1)OC1CO[C@@H]2[C@@H](OOC/C=C/c3ccc(CP)cc3)CO[C@H]12.O=C(O[C@@H](c1ccccc1)[C@@H](OC(=O)c1ccc(C2CCC(CP)CC2)cc1)c1ccccc1)c1ccc(C2CCC(CP)CC2)cc1. The Morgan fingerprint density at radius 1 is 0.500 bits per heavy atom. The standard InChI is InChI=1S/C42H48O4P2.C26H30O6P2/c43-41(37-23-19-33(20-24-37)31-15-11-29(27-47)12-16-31)45-39(35-7-3-1-4-8-35)40(36-9-5-2-6-10-36)46-42(44)38-25-21-34(22-26-38)32-17-13-30(28-48)14-18-32;27-24(12-11-19-5-9-21(17-34)10-6-19)31-22-14-28-26-23(15-29-25(22)26)32-30-13-1-2-18-3-7-20(16-33)8-4-18/h1-10,19-26,29-32,39-40H,11-18,27-28,47-48H2;1-12,22-23,25-26H,13-17,33-34H2/b;2-1+,12-11+/t29?,30?,31?,32?,39-,40-;22?,23-,25+,26+/m00/s1. The van der Waals surface area contributed by atoms with Crippen molar-refractivity contribution < 1.29 is 47.8 Å². The molecule has 2 saturated heterocycles. The van der Waals surface area contributed by atoms with Crippen LogP contribution in [0.3, 0.4) is 0 Å². The van der Waals surface area contributed by atoms with E-state index in [9.17, 15) is 14.4 Å². The van der Waals surface area contributed by atoms with Crippen molar-refractivity contribution in [3.05, 3.63) is 226 Å². The van der Waals surface area contributed by atoms with Gasteiger partial charge in [-0.05, 0) is 175 Å². The van der Waals surface area contributed by atoms with Gasteiger partial charge in [-0.2, -0.15) is 0 Å². The van der Waals surface area contributed by atoms with E-state index >= 15 is 0 Å². The van der Waals surface area contributed by atoms with Crippen LogP contribution in [0.5, 0.6) is 0 Å². The van der Waals surface area contributed by atoms with Crippen LogP contribution in [0.15, 0.2) is 170 Å². The summed E-state index contributed by atoms with van der Waals surface area (Å²) in [4.78, 5) is 50.6. The van der Waals surface area contributed by atoms with Crippen LogP contribution in [-0.2, 0) is 50.6 Å². The number of carbonyl (C=O) groups is 3. The smallest absolute Gasteiger partial charge is 0.338 e. The maximum absolute atomic E-state index is 13.8. The van der Waals surface area contributed by atoms with E-state index in [1.54, 1.807) is 6.08 Å². The Balaban J connectivity index is 0.000000210. The molecule has 14 heteroatoms. The molecule has 5 unspecified atom stereocenters. The molecule has 0 radical (unpaired) electrons. The van der Waals surface area contributed by atoms with Crippen molar-refractivity contribution in [1.82, 2.24) is 0 Å². The Morgan fingerprint density at radius 2 is 0.927 bits per heavy atom. The molecule has 2 saturated carbocycles. The molecule has 6 aromatic rings. The molecule has 4 fully saturated rings. The van der Waals surface area contributed by atoms with E-state index in [0.717, 1.165) is 46.4 Å². The quantitative estimate of drug-likeness (QED) is 0.0131. The van der Waals surface area contributed by atoms with Crippen LogP contribution < -0.4 is 0 Å². The number of ether oxygens (including phenoxy) is 5. The van der Waals surface area contributed by atoms with Crippen LogP contribution in [0.25, 0.3) is 12.2 Å². The first-order valence-electron chi connectivity index (χ1n) is 28.9. The monoisotopic (exact) mass is 1180 g/mol. The molecular weight excluding hydrogens is 1100 g/mol. The third-order valence-corrected chi connectivity index (χ3v) is 18.6. The lowest BCUT2D eigenvalue weighted by Gasteiger charge is -2.29. The minimum atomic E-state index is -0.849. The van der Waals surface area contributed by atoms with Gasteiger partial charge in [0, 0.05) is 6.08 Å². The number of carbonyl (C=O) groups excluding carboxylic acids is 3. The molecule has 0 amide bonds. The maximum atomic E-state index is 13.8. The average Bonchev–Trinajstić information content (AvgIpc) is 4.21. The van der Waals surface area contributed by atoms with Gasteiger partial charge in [0.2, 0.25) is 0 Å². The Labute approximate surface area is 494 Å². The highest BCUT2D eigenvalue weighted by Gasteiger charge is 2.50. The van der Waals surface area contributed by atoms with E-state index in [-0.39, 0.29) is 24.9 Å². The highest BCUT2D eigenvalue weighted by atomic mass is 31.0. The van der Waals surface area contributed by atoms with Gasteiger partial charge in [0.05, 0.1) is 24.3 Å². The Hall–Kier alpha value is -5.23. The van der Waals surface area contributed by atoms with Gasteiger partial charge in [-0.1, -0.05) is 146 Å². The Kier molecular flexibility index (Phi) is 23.6. The molecule has 82 heavy (non-hydrogen) atoms. The zero-order valence-electron chi connectivity index (χ0n) is 46.6. The zero-order chi connectivity index (χ0) is 57.0. The van der Waals surface area contributed by atoms with Gasteiger partial charge >= 0.3 is 17.9 Å². The summed E-state index contributed by atoms with van der Waals surface area (Å²) in [6, 6.07) is 51.3. The van der Waals surface area contributed by atoms with Crippen molar-refractivity contribution in [3.8, 4) is 0 Å². The van der Waals surface area contributed by atoms with E-state index in [0.29, 0.717) is 36.2 Å². The molecule has 2 heterocycles. The lowest BCUT2D eigenvalue weighted by molar-refractivity contribution is -0.326. The molecule has 4 aliphatic rings. The third kappa shape index (κ3) is 17.2. The van der Waals surface area contributed by atoms with Crippen LogP contribution in [0.1, 0.15) is 141 Å². The predicted octanol–water partition coefficient (Wildman–Crippen LogP) is 14.7. The van der Waals surface area contributed by atoms with Gasteiger partial charge in [-0.25, -0.2) is 24.2 Å². The molecule has 2 aliphatic carbocycles. The van der Waals surface area contributed by atoms with E-state index in [1.165, 1.54) is 92.0 Å². The van der Waals surface area contributed by atoms with Crippen molar-refractivity contribution in [1.29, 1.82) is 0 Å². The summed E-state index contributed by atoms with van der Waals surface area (Å²) < 4.78 is 29.7. The molecule has 0 bridgehead atoms. The van der Waals surface area contributed by atoms with E-state index in [2.05, 4.69) is 85.5 Å². The van der Waals surface area contributed by atoms with Gasteiger partial charge in [0.1, 0.15) is 24.9 Å². The highest BCUT2D eigenvalue weighted by Crippen LogP contribution is 2.40. The molecule has 6 aromatic carbocycles. The van der Waals surface area contributed by atoms with Crippen molar-refractivity contribution in [2.24, 2.45) is 11.8 Å². The molecule has 0 N–H and O–H groups in total. The highest BCUT2D eigenvalue weighted by molar-refractivity contribution is 7.16. The first-order valence-corrected chi connectivity index (χ1v) is 32.2. The molecule has 0 spiro atoms.